The van der Waals surface area contributed by atoms with Crippen molar-refractivity contribution in [2.45, 2.75) is 32.2 Å². The van der Waals surface area contributed by atoms with Gasteiger partial charge >= 0.3 is 0 Å². The maximum absolute atomic E-state index is 5.97. The van der Waals surface area contributed by atoms with E-state index < -0.39 is 0 Å². The Morgan fingerprint density at radius 3 is 2.95 bits per heavy atom. The molecule has 2 N–H and O–H groups in total. The smallest absolute Gasteiger partial charge is 0.122 e. The lowest BCUT2D eigenvalue weighted by atomic mass is 9.97. The second-order valence-electron chi connectivity index (χ2n) is 5.11. The maximum Gasteiger partial charge on any atom is 0.122 e. The number of rotatable bonds is 2. The molecule has 2 unspecified atom stereocenters. The summed E-state index contributed by atoms with van der Waals surface area (Å²) in [5.74, 6) is 1.37. The Kier molecular flexibility index (Phi) is 3.29. The van der Waals surface area contributed by atoms with Gasteiger partial charge in [-0.3, -0.25) is 0 Å². The summed E-state index contributed by atoms with van der Waals surface area (Å²) in [4.78, 5) is 5.88. The SMILES string of the molecule is Cc1nc(C2COc3ccccc3C2)sc1C(C)N. The molecule has 1 aliphatic rings. The van der Waals surface area contributed by atoms with Crippen LogP contribution >= 0.6 is 11.3 Å². The molecule has 1 aromatic carbocycles. The quantitative estimate of drug-likeness (QED) is 0.915. The van der Waals surface area contributed by atoms with Crippen LogP contribution in [0.25, 0.3) is 0 Å². The van der Waals surface area contributed by atoms with Gasteiger partial charge in [0.05, 0.1) is 17.3 Å². The molecular weight excluding hydrogens is 256 g/mol. The standard InChI is InChI=1S/C15H18N2OS/c1-9(16)14-10(2)17-15(19-14)12-7-11-5-3-4-6-13(11)18-8-12/h3-6,9,12H,7-8,16H2,1-2H3. The van der Waals surface area contributed by atoms with Crippen molar-refractivity contribution in [2.75, 3.05) is 6.61 Å². The van der Waals surface area contributed by atoms with Crippen LogP contribution in [-0.2, 0) is 6.42 Å². The first-order chi connectivity index (χ1) is 9.15. The average Bonchev–Trinajstić information content (AvgIpc) is 2.80. The molecule has 0 fully saturated rings. The monoisotopic (exact) mass is 274 g/mol. The fraction of sp³-hybridized carbons (Fsp3) is 0.400. The number of para-hydroxylation sites is 1. The zero-order valence-electron chi connectivity index (χ0n) is 11.2. The molecule has 1 aliphatic heterocycles. The van der Waals surface area contributed by atoms with E-state index in [9.17, 15) is 0 Å². The predicted octanol–water partition coefficient (Wildman–Crippen LogP) is 3.19. The van der Waals surface area contributed by atoms with Crippen LogP contribution in [0.3, 0.4) is 0 Å². The van der Waals surface area contributed by atoms with Crippen LogP contribution in [0.2, 0.25) is 0 Å². The van der Waals surface area contributed by atoms with Gasteiger partial charge < -0.3 is 10.5 Å². The minimum atomic E-state index is 0.0584. The van der Waals surface area contributed by atoms with Gasteiger partial charge in [-0.05, 0) is 31.9 Å². The molecule has 4 heteroatoms. The third kappa shape index (κ3) is 2.38. The lowest BCUT2D eigenvalue weighted by molar-refractivity contribution is 0.262. The number of ether oxygens (including phenoxy) is 1. The van der Waals surface area contributed by atoms with E-state index in [0.717, 1.165) is 22.9 Å². The lowest BCUT2D eigenvalue weighted by Crippen LogP contribution is -2.18. The number of hydrogen-bond donors (Lipinski definition) is 1. The van der Waals surface area contributed by atoms with E-state index in [1.54, 1.807) is 11.3 Å². The Bertz CT molecular complexity index is 592. The predicted molar refractivity (Wildman–Crippen MR) is 77.8 cm³/mol. The highest BCUT2D eigenvalue weighted by molar-refractivity contribution is 7.11. The van der Waals surface area contributed by atoms with Crippen LogP contribution in [0.4, 0.5) is 0 Å². The minimum absolute atomic E-state index is 0.0584. The fourth-order valence-electron chi connectivity index (χ4n) is 2.51. The normalized spacial score (nSPS) is 19.6. The van der Waals surface area contributed by atoms with Crippen LogP contribution in [0.15, 0.2) is 24.3 Å². The molecule has 19 heavy (non-hydrogen) atoms. The molecule has 0 aliphatic carbocycles. The van der Waals surface area contributed by atoms with Gasteiger partial charge in [0.2, 0.25) is 0 Å². The van der Waals surface area contributed by atoms with E-state index in [4.69, 9.17) is 10.5 Å². The van der Waals surface area contributed by atoms with Crippen LogP contribution in [0.1, 0.15) is 40.0 Å². The molecule has 100 valence electrons. The van der Waals surface area contributed by atoms with Crippen LogP contribution in [0, 0.1) is 6.92 Å². The Morgan fingerprint density at radius 1 is 1.42 bits per heavy atom. The Balaban J connectivity index is 1.87. The van der Waals surface area contributed by atoms with Crippen LogP contribution in [-0.4, -0.2) is 11.6 Å². The first-order valence-corrected chi connectivity index (χ1v) is 7.40. The highest BCUT2D eigenvalue weighted by Gasteiger charge is 2.25. The number of aromatic nitrogens is 1. The van der Waals surface area contributed by atoms with E-state index in [1.807, 2.05) is 26.0 Å². The second-order valence-corrected chi connectivity index (χ2v) is 6.17. The van der Waals surface area contributed by atoms with Gasteiger partial charge in [0.1, 0.15) is 5.75 Å². The summed E-state index contributed by atoms with van der Waals surface area (Å²) in [7, 11) is 0. The van der Waals surface area contributed by atoms with Crippen molar-refractivity contribution in [1.82, 2.24) is 4.98 Å². The molecule has 0 radical (unpaired) electrons. The summed E-state index contributed by atoms with van der Waals surface area (Å²) in [6.45, 7) is 4.76. The summed E-state index contributed by atoms with van der Waals surface area (Å²) in [5, 5.41) is 1.15. The van der Waals surface area contributed by atoms with Crippen molar-refractivity contribution in [3.63, 3.8) is 0 Å². The summed E-state index contributed by atoms with van der Waals surface area (Å²) in [5.41, 5.74) is 8.31. The van der Waals surface area contributed by atoms with Gasteiger partial charge in [0, 0.05) is 16.8 Å². The number of hydrogen-bond acceptors (Lipinski definition) is 4. The number of fused-ring (bicyclic) bond motifs is 1. The maximum atomic E-state index is 5.97. The largest absolute Gasteiger partial charge is 0.493 e. The first kappa shape index (κ1) is 12.6. The van der Waals surface area contributed by atoms with Gasteiger partial charge in [-0.15, -0.1) is 11.3 Å². The van der Waals surface area contributed by atoms with Crippen LogP contribution in [0.5, 0.6) is 5.75 Å². The van der Waals surface area contributed by atoms with E-state index in [-0.39, 0.29) is 6.04 Å². The molecule has 1 aromatic heterocycles. The van der Waals surface area contributed by atoms with Crippen molar-refractivity contribution < 1.29 is 4.74 Å². The van der Waals surface area contributed by atoms with Crippen molar-refractivity contribution >= 4 is 11.3 Å². The zero-order valence-corrected chi connectivity index (χ0v) is 12.0. The molecular formula is C15H18N2OS. The molecule has 2 aromatic rings. The van der Waals surface area contributed by atoms with Gasteiger partial charge in [0.25, 0.3) is 0 Å². The molecule has 3 rings (SSSR count). The summed E-state index contributed by atoms with van der Waals surface area (Å²) in [6.07, 6.45) is 1.00. The Morgan fingerprint density at radius 2 is 2.21 bits per heavy atom. The van der Waals surface area contributed by atoms with Crippen molar-refractivity contribution in [1.29, 1.82) is 0 Å². The van der Waals surface area contributed by atoms with E-state index in [2.05, 4.69) is 17.1 Å². The number of benzene rings is 1. The van der Waals surface area contributed by atoms with E-state index >= 15 is 0 Å². The van der Waals surface area contributed by atoms with Gasteiger partial charge in [0.15, 0.2) is 0 Å². The summed E-state index contributed by atoms with van der Waals surface area (Å²) >= 11 is 1.73. The van der Waals surface area contributed by atoms with E-state index in [0.29, 0.717) is 12.5 Å². The molecule has 0 saturated carbocycles. The Labute approximate surface area is 117 Å². The molecule has 0 spiro atoms. The van der Waals surface area contributed by atoms with Crippen molar-refractivity contribution in [3.05, 3.63) is 45.4 Å². The second kappa shape index (κ2) is 4.94. The summed E-state index contributed by atoms with van der Waals surface area (Å²) < 4.78 is 5.84. The third-order valence-electron chi connectivity index (χ3n) is 3.49. The highest BCUT2D eigenvalue weighted by atomic mass is 32.1. The number of nitrogens with zero attached hydrogens (tertiary/aromatic N) is 1. The highest BCUT2D eigenvalue weighted by Crippen LogP contribution is 2.35. The number of thiazole rings is 1. The fourth-order valence-corrected chi connectivity index (χ4v) is 3.62. The Hall–Kier alpha value is -1.39. The summed E-state index contributed by atoms with van der Waals surface area (Å²) in [6, 6.07) is 8.30. The topological polar surface area (TPSA) is 48.1 Å². The number of nitrogens with two attached hydrogens (primary N) is 1. The minimum Gasteiger partial charge on any atom is -0.493 e. The van der Waals surface area contributed by atoms with Gasteiger partial charge in [-0.2, -0.15) is 0 Å². The third-order valence-corrected chi connectivity index (χ3v) is 5.01. The molecule has 3 nitrogen and oxygen atoms in total. The van der Waals surface area contributed by atoms with E-state index in [1.165, 1.54) is 10.4 Å². The van der Waals surface area contributed by atoms with Gasteiger partial charge in [-0.25, -0.2) is 4.98 Å². The van der Waals surface area contributed by atoms with Gasteiger partial charge in [-0.1, -0.05) is 18.2 Å². The molecule has 0 saturated heterocycles. The molecule has 0 bridgehead atoms. The average molecular weight is 274 g/mol. The van der Waals surface area contributed by atoms with Crippen molar-refractivity contribution in [3.8, 4) is 5.75 Å². The number of aryl methyl sites for hydroxylation is 1. The molecule has 0 amide bonds. The first-order valence-electron chi connectivity index (χ1n) is 6.58. The lowest BCUT2D eigenvalue weighted by Gasteiger charge is -2.23. The zero-order chi connectivity index (χ0) is 13.4. The molecule has 2 atom stereocenters. The van der Waals surface area contributed by atoms with Crippen molar-refractivity contribution in [2.24, 2.45) is 5.73 Å². The molecule has 2 heterocycles. The van der Waals surface area contributed by atoms with Crippen LogP contribution < -0.4 is 10.5 Å².